The highest BCUT2D eigenvalue weighted by Crippen LogP contribution is 2.44. The van der Waals surface area contributed by atoms with Crippen molar-refractivity contribution in [3.05, 3.63) is 99.8 Å². The van der Waals surface area contributed by atoms with Crippen molar-refractivity contribution in [3.63, 3.8) is 0 Å². The van der Waals surface area contributed by atoms with Crippen molar-refractivity contribution in [2.45, 2.75) is 50.5 Å². The maximum atomic E-state index is 13.0. The molecule has 1 aliphatic rings. The Morgan fingerprint density at radius 1 is 1.11 bits per heavy atom. The number of nitrogens with zero attached hydrogens (tertiary/aromatic N) is 1. The van der Waals surface area contributed by atoms with Crippen LogP contribution in [0.3, 0.4) is 0 Å². The lowest BCUT2D eigenvalue weighted by molar-refractivity contribution is -0.142. The Hall–Kier alpha value is -2.89. The fourth-order valence-corrected chi connectivity index (χ4v) is 5.79. The molecule has 0 spiro atoms. The molecule has 1 unspecified atom stereocenters. The summed E-state index contributed by atoms with van der Waals surface area (Å²) >= 11 is 12.5. The van der Waals surface area contributed by atoms with Gasteiger partial charge in [0, 0.05) is 39.5 Å². The fraction of sp³-hybridized carbons (Fsp3) is 0.345. The molecule has 188 valence electrons. The van der Waals surface area contributed by atoms with Gasteiger partial charge in [0.05, 0.1) is 12.1 Å². The van der Waals surface area contributed by atoms with Crippen LogP contribution in [0.4, 0.5) is 0 Å². The molecule has 1 fully saturated rings. The fourth-order valence-electron chi connectivity index (χ4n) is 5.46. The number of carbonyl (C=O) groups is 2. The van der Waals surface area contributed by atoms with E-state index in [-0.39, 0.29) is 30.2 Å². The SMILES string of the molecule is CC(C[C@@H]1NC(=O)[C@@H](CC(=O)O)C[C@@H]1c1cccc(Cl)c1)[C@@](C)(c1ccc(Cl)cc1)c1ccccn1. The maximum Gasteiger partial charge on any atom is 0.304 e. The highest BCUT2D eigenvalue weighted by molar-refractivity contribution is 6.30. The van der Waals surface area contributed by atoms with Crippen LogP contribution in [0.1, 0.15) is 55.8 Å². The minimum atomic E-state index is -0.975. The van der Waals surface area contributed by atoms with Crippen molar-refractivity contribution in [2.75, 3.05) is 0 Å². The van der Waals surface area contributed by atoms with Gasteiger partial charge in [0.1, 0.15) is 0 Å². The molecule has 1 saturated heterocycles. The third-order valence-electron chi connectivity index (χ3n) is 7.65. The van der Waals surface area contributed by atoms with Crippen molar-refractivity contribution >= 4 is 35.1 Å². The lowest BCUT2D eigenvalue weighted by Gasteiger charge is -2.42. The van der Waals surface area contributed by atoms with Gasteiger partial charge < -0.3 is 10.4 Å². The zero-order valence-electron chi connectivity index (χ0n) is 20.3. The number of hydrogen-bond donors (Lipinski definition) is 2. The number of piperidine rings is 1. The van der Waals surface area contributed by atoms with Gasteiger partial charge in [0.25, 0.3) is 0 Å². The van der Waals surface area contributed by atoms with Crippen LogP contribution in [0, 0.1) is 11.8 Å². The number of aromatic nitrogens is 1. The normalized spacial score (nSPS) is 22.3. The second kappa shape index (κ2) is 11.0. The zero-order chi connectivity index (χ0) is 25.9. The van der Waals surface area contributed by atoms with Gasteiger partial charge in [-0.25, -0.2) is 0 Å². The molecule has 2 heterocycles. The summed E-state index contributed by atoms with van der Waals surface area (Å²) < 4.78 is 0. The van der Waals surface area contributed by atoms with E-state index in [2.05, 4.69) is 19.2 Å². The standard InChI is InChI=1S/C29H30Cl2N2O3/c1-18(29(2,26-8-3-4-13-32-26)21-9-11-22(30)12-10-21)14-25-24(19-6-5-7-23(31)15-19)16-20(17-27(34)35)28(36)33-25/h3-13,15,18,20,24-25H,14,16-17H2,1-2H3,(H,33,36)(H,34,35)/t18?,20-,24-,25+,29+/m1/s1. The number of carboxylic acids is 1. The monoisotopic (exact) mass is 524 g/mol. The Kier molecular flexibility index (Phi) is 8.01. The lowest BCUT2D eigenvalue weighted by Crippen LogP contribution is -2.50. The molecule has 0 saturated carbocycles. The highest BCUT2D eigenvalue weighted by atomic mass is 35.5. The summed E-state index contributed by atoms with van der Waals surface area (Å²) in [5, 5.41) is 13.8. The van der Waals surface area contributed by atoms with Gasteiger partial charge in [-0.05, 0) is 73.2 Å². The molecule has 3 aromatic rings. The number of rotatable bonds is 8. The number of nitrogens with one attached hydrogen (secondary N) is 1. The molecular formula is C29H30Cl2N2O3. The molecular weight excluding hydrogens is 495 g/mol. The molecule has 0 aliphatic carbocycles. The molecule has 7 heteroatoms. The van der Waals surface area contributed by atoms with E-state index in [0.717, 1.165) is 16.8 Å². The van der Waals surface area contributed by atoms with E-state index in [1.165, 1.54) is 0 Å². The summed E-state index contributed by atoms with van der Waals surface area (Å²) in [4.78, 5) is 29.1. The number of carboxylic acid groups (broad SMARTS) is 1. The molecule has 0 radical (unpaired) electrons. The Bertz CT molecular complexity index is 1220. The molecule has 5 atom stereocenters. The second-order valence-electron chi connectivity index (χ2n) is 9.87. The van der Waals surface area contributed by atoms with Gasteiger partial charge in [-0.2, -0.15) is 0 Å². The number of carbonyl (C=O) groups excluding carboxylic acids is 1. The lowest BCUT2D eigenvalue weighted by atomic mass is 9.66. The van der Waals surface area contributed by atoms with Gasteiger partial charge in [-0.3, -0.25) is 14.6 Å². The minimum Gasteiger partial charge on any atom is -0.481 e. The number of halogens is 2. The Labute approximate surface area is 221 Å². The first-order chi connectivity index (χ1) is 17.2. The average molecular weight is 525 g/mol. The predicted molar refractivity (Wildman–Crippen MR) is 142 cm³/mol. The Morgan fingerprint density at radius 3 is 2.50 bits per heavy atom. The van der Waals surface area contributed by atoms with E-state index in [1.54, 1.807) is 6.20 Å². The van der Waals surface area contributed by atoms with Gasteiger partial charge in [-0.1, -0.05) is 60.5 Å². The molecule has 1 amide bonds. The van der Waals surface area contributed by atoms with Crippen LogP contribution in [-0.2, 0) is 15.0 Å². The topological polar surface area (TPSA) is 79.3 Å². The van der Waals surface area contributed by atoms with Crippen molar-refractivity contribution < 1.29 is 14.7 Å². The zero-order valence-corrected chi connectivity index (χ0v) is 21.8. The molecule has 1 aliphatic heterocycles. The molecule has 5 nitrogen and oxygen atoms in total. The van der Waals surface area contributed by atoms with E-state index in [4.69, 9.17) is 28.2 Å². The summed E-state index contributed by atoms with van der Waals surface area (Å²) in [6.07, 6.45) is 2.72. The summed E-state index contributed by atoms with van der Waals surface area (Å²) in [6, 6.07) is 21.2. The number of aliphatic carboxylic acids is 1. The molecule has 2 aromatic carbocycles. The summed E-state index contributed by atoms with van der Waals surface area (Å²) in [6.45, 7) is 4.35. The average Bonchev–Trinajstić information content (AvgIpc) is 2.85. The van der Waals surface area contributed by atoms with Crippen LogP contribution in [0.2, 0.25) is 10.0 Å². The van der Waals surface area contributed by atoms with Crippen molar-refractivity contribution in [2.24, 2.45) is 11.8 Å². The van der Waals surface area contributed by atoms with Crippen LogP contribution >= 0.6 is 23.2 Å². The maximum absolute atomic E-state index is 13.0. The highest BCUT2D eigenvalue weighted by Gasteiger charge is 2.42. The van der Waals surface area contributed by atoms with Crippen molar-refractivity contribution in [1.29, 1.82) is 0 Å². The number of pyridine rings is 1. The summed E-state index contributed by atoms with van der Waals surface area (Å²) in [5.41, 5.74) is 2.57. The third-order valence-corrected chi connectivity index (χ3v) is 8.14. The van der Waals surface area contributed by atoms with Gasteiger partial charge in [0.15, 0.2) is 0 Å². The van der Waals surface area contributed by atoms with Crippen LogP contribution in [0.25, 0.3) is 0 Å². The number of hydrogen-bond acceptors (Lipinski definition) is 3. The Morgan fingerprint density at radius 2 is 1.86 bits per heavy atom. The first-order valence-corrected chi connectivity index (χ1v) is 12.9. The van der Waals surface area contributed by atoms with Crippen LogP contribution < -0.4 is 5.32 Å². The number of benzene rings is 2. The van der Waals surface area contributed by atoms with E-state index < -0.39 is 17.3 Å². The van der Waals surface area contributed by atoms with Crippen LogP contribution in [-0.4, -0.2) is 28.0 Å². The predicted octanol–water partition coefficient (Wildman–Crippen LogP) is 6.48. The molecule has 1 aromatic heterocycles. The van der Waals surface area contributed by atoms with Gasteiger partial charge in [0.2, 0.25) is 5.91 Å². The van der Waals surface area contributed by atoms with E-state index in [0.29, 0.717) is 22.9 Å². The van der Waals surface area contributed by atoms with Crippen molar-refractivity contribution in [1.82, 2.24) is 10.3 Å². The smallest absolute Gasteiger partial charge is 0.304 e. The van der Waals surface area contributed by atoms with Crippen LogP contribution in [0.15, 0.2) is 72.9 Å². The first kappa shape index (κ1) is 26.2. The first-order valence-electron chi connectivity index (χ1n) is 12.1. The minimum absolute atomic E-state index is 0.0635. The molecule has 4 rings (SSSR count). The van der Waals surface area contributed by atoms with E-state index in [1.807, 2.05) is 66.7 Å². The van der Waals surface area contributed by atoms with E-state index in [9.17, 15) is 14.7 Å². The quantitative estimate of drug-likeness (QED) is 0.353. The summed E-state index contributed by atoms with van der Waals surface area (Å²) in [5.74, 6) is -1.77. The van der Waals surface area contributed by atoms with Gasteiger partial charge in [-0.15, -0.1) is 0 Å². The molecule has 2 N–H and O–H groups in total. The number of amides is 1. The summed E-state index contributed by atoms with van der Waals surface area (Å²) in [7, 11) is 0. The third kappa shape index (κ3) is 5.58. The second-order valence-corrected chi connectivity index (χ2v) is 10.7. The molecule has 0 bridgehead atoms. The van der Waals surface area contributed by atoms with Crippen LogP contribution in [0.5, 0.6) is 0 Å². The van der Waals surface area contributed by atoms with E-state index >= 15 is 0 Å². The van der Waals surface area contributed by atoms with Crippen molar-refractivity contribution in [3.8, 4) is 0 Å². The Balaban J connectivity index is 1.70. The van der Waals surface area contributed by atoms with Gasteiger partial charge >= 0.3 is 5.97 Å². The largest absolute Gasteiger partial charge is 0.481 e. The molecule has 36 heavy (non-hydrogen) atoms.